The lowest BCUT2D eigenvalue weighted by Gasteiger charge is -2.10. The summed E-state index contributed by atoms with van der Waals surface area (Å²) < 4.78 is 9.60. The molecule has 0 aromatic rings. The Morgan fingerprint density at radius 1 is 1.19 bits per heavy atom. The molecule has 0 aliphatic carbocycles. The van der Waals surface area contributed by atoms with Crippen molar-refractivity contribution < 1.29 is 34.4 Å². The molecule has 7 heteroatoms. The van der Waals surface area contributed by atoms with Gasteiger partial charge in [0.05, 0.1) is 32.0 Å². The van der Waals surface area contributed by atoms with Gasteiger partial charge in [-0.3, -0.25) is 9.59 Å². The fourth-order valence-corrected chi connectivity index (χ4v) is 0.716. The lowest BCUT2D eigenvalue weighted by atomic mass is 10.4. The fraction of sp³-hybridized carbons (Fsp3) is 0.857. The monoisotopic (exact) mass is 310 g/mol. The zero-order valence-electron chi connectivity index (χ0n) is 13.7. The molecule has 0 amide bonds. The number of ether oxygens (including phenoxy) is 2. The molecule has 0 bridgehead atoms. The molecule has 0 saturated carbocycles. The predicted molar refractivity (Wildman–Crippen MR) is 79.0 cm³/mol. The highest BCUT2D eigenvalue weighted by molar-refractivity contribution is 5.65. The summed E-state index contributed by atoms with van der Waals surface area (Å²) in [5.41, 5.74) is 0. The minimum atomic E-state index is -0.833. The molecule has 0 radical (unpaired) electrons. The number of hydrogen-bond acceptors (Lipinski definition) is 6. The van der Waals surface area contributed by atoms with Crippen LogP contribution in [0.3, 0.4) is 0 Å². The minimum Gasteiger partial charge on any atom is -0.481 e. The van der Waals surface area contributed by atoms with Crippen molar-refractivity contribution in [1.29, 1.82) is 0 Å². The molecule has 0 saturated heterocycles. The third-order valence-electron chi connectivity index (χ3n) is 1.68. The number of carbonyl (C=O) groups excluding carboxylic acids is 1. The smallest absolute Gasteiger partial charge is 0.302 e. The van der Waals surface area contributed by atoms with Crippen LogP contribution in [0.1, 0.15) is 47.5 Å². The van der Waals surface area contributed by atoms with E-state index in [9.17, 15) is 4.79 Å². The third kappa shape index (κ3) is 45.5. The van der Waals surface area contributed by atoms with Gasteiger partial charge in [-0.15, -0.1) is 0 Å². The summed E-state index contributed by atoms with van der Waals surface area (Å²) in [5.74, 6) is -1.02. The van der Waals surface area contributed by atoms with Gasteiger partial charge in [0.15, 0.2) is 0 Å². The van der Waals surface area contributed by atoms with Crippen LogP contribution in [-0.4, -0.2) is 59.3 Å². The normalized spacial score (nSPS) is 12.0. The summed E-state index contributed by atoms with van der Waals surface area (Å²) in [6.07, 6.45) is 1.44. The first-order chi connectivity index (χ1) is 9.67. The number of hydrogen-bond donors (Lipinski definition) is 3. The lowest BCUT2D eigenvalue weighted by Crippen LogP contribution is -2.19. The molecular weight excluding hydrogens is 280 g/mol. The molecule has 3 N–H and O–H groups in total. The third-order valence-corrected chi connectivity index (χ3v) is 1.68. The fourth-order valence-electron chi connectivity index (χ4n) is 0.716. The molecule has 128 valence electrons. The van der Waals surface area contributed by atoms with E-state index in [2.05, 4.69) is 11.7 Å². The number of unbranched alkanes of at least 4 members (excludes halogenated alkanes) is 1. The molecule has 2 atom stereocenters. The van der Waals surface area contributed by atoms with Gasteiger partial charge in [-0.25, -0.2) is 0 Å². The highest BCUT2D eigenvalue weighted by Gasteiger charge is 2.00. The van der Waals surface area contributed by atoms with Crippen molar-refractivity contribution in [3.8, 4) is 0 Å². The number of carboxylic acid groups (broad SMARTS) is 1. The largest absolute Gasteiger partial charge is 0.481 e. The van der Waals surface area contributed by atoms with Crippen LogP contribution in [0.25, 0.3) is 0 Å². The van der Waals surface area contributed by atoms with E-state index in [0.717, 1.165) is 19.8 Å². The highest BCUT2D eigenvalue weighted by Crippen LogP contribution is 1.90. The summed E-state index contributed by atoms with van der Waals surface area (Å²) in [6.45, 7) is 8.84. The van der Waals surface area contributed by atoms with Crippen molar-refractivity contribution in [3.63, 3.8) is 0 Å². The topological polar surface area (TPSA) is 113 Å². The highest BCUT2D eigenvalue weighted by atomic mass is 16.5. The Morgan fingerprint density at radius 3 is 1.95 bits per heavy atom. The van der Waals surface area contributed by atoms with Crippen LogP contribution in [0.2, 0.25) is 0 Å². The number of carboxylic acids is 1. The van der Waals surface area contributed by atoms with Gasteiger partial charge in [-0.1, -0.05) is 13.3 Å². The van der Waals surface area contributed by atoms with Crippen molar-refractivity contribution in [1.82, 2.24) is 0 Å². The molecule has 0 rings (SSSR count). The first kappa shape index (κ1) is 24.8. The number of aliphatic hydroxyl groups excluding tert-OH is 2. The lowest BCUT2D eigenvalue weighted by molar-refractivity contribution is -0.141. The van der Waals surface area contributed by atoms with Gasteiger partial charge in [0.2, 0.25) is 0 Å². The molecule has 0 spiro atoms. The van der Waals surface area contributed by atoms with Crippen molar-refractivity contribution >= 4 is 11.9 Å². The van der Waals surface area contributed by atoms with Crippen LogP contribution in [0, 0.1) is 0 Å². The maximum atomic E-state index is 10.1. The second kappa shape index (κ2) is 18.8. The Morgan fingerprint density at radius 2 is 1.67 bits per heavy atom. The van der Waals surface area contributed by atoms with E-state index < -0.39 is 12.1 Å². The molecule has 21 heavy (non-hydrogen) atoms. The molecule has 0 aliphatic rings. The second-order valence-corrected chi connectivity index (χ2v) is 4.39. The Hall–Kier alpha value is -1.18. The first-order valence-electron chi connectivity index (χ1n) is 6.90. The molecule has 7 nitrogen and oxygen atoms in total. The summed E-state index contributed by atoms with van der Waals surface area (Å²) >= 11 is 0. The Balaban J connectivity index is -0.000000249. The standard InChI is InChI=1S/C6H14O3.C6H12O2.C2H4O2/c1-5(8)4-9-6(2)3-7;1-3-4-5-8-6(2)7;1-2(3)4/h5-8H,3-4H2,1-2H3;3-5H2,1-2H3;1H3,(H,3,4). The SMILES string of the molecule is CC(=O)O.CC(O)COC(C)CO.CCCCOC(C)=O. The van der Waals surface area contributed by atoms with E-state index >= 15 is 0 Å². The Kier molecular flexibility index (Phi) is 22.2. The molecule has 0 aliphatic heterocycles. The second-order valence-electron chi connectivity index (χ2n) is 4.39. The van der Waals surface area contributed by atoms with Crippen molar-refractivity contribution in [2.45, 2.75) is 59.7 Å². The zero-order chi connectivity index (χ0) is 17.3. The number of carbonyl (C=O) groups is 2. The van der Waals surface area contributed by atoms with Gasteiger partial charge in [0.1, 0.15) is 0 Å². The van der Waals surface area contributed by atoms with E-state index in [0.29, 0.717) is 13.2 Å². The minimum absolute atomic E-state index is 0.00667. The molecule has 0 heterocycles. The van der Waals surface area contributed by atoms with Crippen molar-refractivity contribution in [2.75, 3.05) is 19.8 Å². The average Bonchev–Trinajstić information content (AvgIpc) is 2.36. The van der Waals surface area contributed by atoms with Crippen molar-refractivity contribution in [2.24, 2.45) is 0 Å². The van der Waals surface area contributed by atoms with Crippen LogP contribution in [0.15, 0.2) is 0 Å². The van der Waals surface area contributed by atoms with E-state index in [4.69, 9.17) is 24.9 Å². The van der Waals surface area contributed by atoms with Crippen LogP contribution in [0.4, 0.5) is 0 Å². The maximum Gasteiger partial charge on any atom is 0.302 e. The van der Waals surface area contributed by atoms with E-state index in [1.807, 2.05) is 0 Å². The average molecular weight is 310 g/mol. The summed E-state index contributed by atoms with van der Waals surface area (Å²) in [4.78, 5) is 19.1. The predicted octanol–water partition coefficient (Wildman–Crippen LogP) is 1.21. The van der Waals surface area contributed by atoms with E-state index in [1.54, 1.807) is 13.8 Å². The molecular formula is C14H30O7. The number of esters is 1. The molecule has 0 aromatic heterocycles. The van der Waals surface area contributed by atoms with Gasteiger partial charge < -0.3 is 24.8 Å². The number of rotatable bonds is 7. The summed E-state index contributed by atoms with van der Waals surface area (Å²) in [7, 11) is 0. The van der Waals surface area contributed by atoms with Gasteiger partial charge in [-0.2, -0.15) is 0 Å². The number of aliphatic carboxylic acids is 1. The molecule has 0 aromatic carbocycles. The molecule has 0 fully saturated rings. The van der Waals surface area contributed by atoms with Crippen LogP contribution >= 0.6 is 0 Å². The van der Waals surface area contributed by atoms with Crippen molar-refractivity contribution in [3.05, 3.63) is 0 Å². The van der Waals surface area contributed by atoms with Crippen LogP contribution in [-0.2, 0) is 19.1 Å². The summed E-state index contributed by atoms with van der Waals surface area (Å²) in [5, 5.41) is 24.5. The van der Waals surface area contributed by atoms with Crippen LogP contribution < -0.4 is 0 Å². The Bertz CT molecular complexity index is 237. The quantitative estimate of drug-likeness (QED) is 0.478. The number of aliphatic hydroxyl groups is 2. The molecule has 2 unspecified atom stereocenters. The van der Waals surface area contributed by atoms with Crippen LogP contribution in [0.5, 0.6) is 0 Å². The summed E-state index contributed by atoms with van der Waals surface area (Å²) in [6, 6.07) is 0. The Labute approximate surface area is 126 Å². The maximum absolute atomic E-state index is 10.1. The van der Waals surface area contributed by atoms with Gasteiger partial charge in [-0.05, 0) is 20.3 Å². The van der Waals surface area contributed by atoms with Gasteiger partial charge in [0.25, 0.3) is 5.97 Å². The van der Waals surface area contributed by atoms with E-state index in [-0.39, 0.29) is 18.7 Å². The zero-order valence-corrected chi connectivity index (χ0v) is 13.7. The van der Waals surface area contributed by atoms with Gasteiger partial charge in [0, 0.05) is 13.8 Å². The van der Waals surface area contributed by atoms with Gasteiger partial charge >= 0.3 is 5.97 Å². The first-order valence-corrected chi connectivity index (χ1v) is 6.90. The van der Waals surface area contributed by atoms with E-state index in [1.165, 1.54) is 6.92 Å².